The summed E-state index contributed by atoms with van der Waals surface area (Å²) in [4.78, 5) is 36.2. The number of rotatable bonds is 8. The molecule has 152 valence electrons. The molecule has 0 aliphatic heterocycles. The van der Waals surface area contributed by atoms with Crippen molar-refractivity contribution in [1.29, 1.82) is 0 Å². The lowest BCUT2D eigenvalue weighted by molar-refractivity contribution is -0.140. The van der Waals surface area contributed by atoms with E-state index in [-0.39, 0.29) is 11.8 Å². The Morgan fingerprint density at radius 3 is 2.31 bits per heavy atom. The molecular weight excluding hydrogens is 372 g/mol. The van der Waals surface area contributed by atoms with E-state index >= 15 is 0 Å². The van der Waals surface area contributed by atoms with Crippen molar-refractivity contribution >= 4 is 23.9 Å². The highest BCUT2D eigenvalue weighted by Crippen LogP contribution is 2.17. The first kappa shape index (κ1) is 21.7. The Labute approximate surface area is 169 Å². The average molecular weight is 396 g/mol. The van der Waals surface area contributed by atoms with Gasteiger partial charge in [-0.05, 0) is 56.7 Å². The first-order valence-corrected chi connectivity index (χ1v) is 9.14. The van der Waals surface area contributed by atoms with E-state index in [2.05, 4.69) is 10.6 Å². The highest BCUT2D eigenvalue weighted by molar-refractivity contribution is 6.06. The summed E-state index contributed by atoms with van der Waals surface area (Å²) in [6.07, 6.45) is 1.45. The summed E-state index contributed by atoms with van der Waals surface area (Å²) >= 11 is 0. The molecule has 7 nitrogen and oxygen atoms in total. The fourth-order valence-electron chi connectivity index (χ4n) is 2.40. The SMILES string of the molecule is CC(C)Oc1cccc(/C=C(\NC(=O)c2ccccc2)C(=O)N[C@@H](C)C(=O)O)c1. The van der Waals surface area contributed by atoms with E-state index in [1.165, 1.54) is 13.0 Å². The molecule has 2 amide bonds. The van der Waals surface area contributed by atoms with Gasteiger partial charge in [0.25, 0.3) is 11.8 Å². The van der Waals surface area contributed by atoms with Gasteiger partial charge in [0.15, 0.2) is 0 Å². The fourth-order valence-corrected chi connectivity index (χ4v) is 2.40. The van der Waals surface area contributed by atoms with Crippen LogP contribution in [0, 0.1) is 0 Å². The van der Waals surface area contributed by atoms with Crippen LogP contribution in [0.25, 0.3) is 6.08 Å². The molecule has 0 spiro atoms. The van der Waals surface area contributed by atoms with Crippen LogP contribution in [0.5, 0.6) is 5.75 Å². The van der Waals surface area contributed by atoms with Crippen molar-refractivity contribution in [3.8, 4) is 5.75 Å². The first-order valence-electron chi connectivity index (χ1n) is 9.14. The van der Waals surface area contributed by atoms with E-state index in [0.29, 0.717) is 16.9 Å². The molecule has 2 rings (SSSR count). The monoisotopic (exact) mass is 396 g/mol. The molecule has 29 heavy (non-hydrogen) atoms. The number of carbonyl (C=O) groups is 3. The first-order chi connectivity index (χ1) is 13.8. The molecule has 7 heteroatoms. The van der Waals surface area contributed by atoms with Crippen LogP contribution < -0.4 is 15.4 Å². The van der Waals surface area contributed by atoms with Crippen LogP contribution in [0.3, 0.4) is 0 Å². The minimum Gasteiger partial charge on any atom is -0.491 e. The highest BCUT2D eigenvalue weighted by Gasteiger charge is 2.19. The summed E-state index contributed by atoms with van der Waals surface area (Å²) in [5, 5.41) is 14.0. The van der Waals surface area contributed by atoms with Gasteiger partial charge in [0.05, 0.1) is 6.10 Å². The van der Waals surface area contributed by atoms with E-state index in [1.54, 1.807) is 54.6 Å². The quantitative estimate of drug-likeness (QED) is 0.595. The van der Waals surface area contributed by atoms with Crippen molar-refractivity contribution in [1.82, 2.24) is 10.6 Å². The molecule has 0 aromatic heterocycles. The lowest BCUT2D eigenvalue weighted by Gasteiger charge is -2.14. The third-order valence-electron chi connectivity index (χ3n) is 3.79. The number of carboxylic acids is 1. The molecule has 0 aliphatic carbocycles. The van der Waals surface area contributed by atoms with Crippen LogP contribution in [0.1, 0.15) is 36.7 Å². The summed E-state index contributed by atoms with van der Waals surface area (Å²) in [5.41, 5.74) is 0.910. The Balaban J connectivity index is 2.33. The number of hydrogen-bond acceptors (Lipinski definition) is 4. The van der Waals surface area contributed by atoms with Gasteiger partial charge in [0.2, 0.25) is 0 Å². The largest absolute Gasteiger partial charge is 0.491 e. The van der Waals surface area contributed by atoms with Gasteiger partial charge in [-0.1, -0.05) is 30.3 Å². The number of aliphatic carboxylic acids is 1. The van der Waals surface area contributed by atoms with Gasteiger partial charge < -0.3 is 20.5 Å². The molecule has 0 heterocycles. The summed E-state index contributed by atoms with van der Waals surface area (Å²) in [7, 11) is 0. The Kier molecular flexibility index (Phi) is 7.54. The van der Waals surface area contributed by atoms with Gasteiger partial charge in [0.1, 0.15) is 17.5 Å². The van der Waals surface area contributed by atoms with Gasteiger partial charge in [-0.3, -0.25) is 14.4 Å². The number of benzene rings is 2. The van der Waals surface area contributed by atoms with E-state index < -0.39 is 23.8 Å². The molecule has 2 aromatic carbocycles. The average Bonchev–Trinajstić information content (AvgIpc) is 2.67. The van der Waals surface area contributed by atoms with E-state index in [9.17, 15) is 14.4 Å². The zero-order valence-corrected chi connectivity index (χ0v) is 16.5. The van der Waals surface area contributed by atoms with Gasteiger partial charge in [-0.2, -0.15) is 0 Å². The Morgan fingerprint density at radius 1 is 1.00 bits per heavy atom. The Hall–Kier alpha value is -3.61. The second-order valence-electron chi connectivity index (χ2n) is 6.65. The second-order valence-corrected chi connectivity index (χ2v) is 6.65. The maximum absolute atomic E-state index is 12.6. The molecule has 0 unspecified atom stereocenters. The highest BCUT2D eigenvalue weighted by atomic mass is 16.5. The molecule has 0 radical (unpaired) electrons. The van der Waals surface area contributed by atoms with Crippen molar-refractivity contribution in [2.24, 2.45) is 0 Å². The predicted molar refractivity (Wildman–Crippen MR) is 109 cm³/mol. The molecule has 1 atom stereocenters. The summed E-state index contributed by atoms with van der Waals surface area (Å²) in [6.45, 7) is 5.14. The van der Waals surface area contributed by atoms with Crippen LogP contribution in [0.4, 0.5) is 0 Å². The number of nitrogens with one attached hydrogen (secondary N) is 2. The van der Waals surface area contributed by atoms with Crippen LogP contribution in [0.2, 0.25) is 0 Å². The molecule has 2 aromatic rings. The summed E-state index contributed by atoms with van der Waals surface area (Å²) in [5.74, 6) is -1.76. The zero-order valence-electron chi connectivity index (χ0n) is 16.5. The van der Waals surface area contributed by atoms with Gasteiger partial charge in [0, 0.05) is 5.56 Å². The van der Waals surface area contributed by atoms with Crippen molar-refractivity contribution in [3.05, 3.63) is 71.4 Å². The number of carboxylic acid groups (broad SMARTS) is 1. The fraction of sp³-hybridized carbons (Fsp3) is 0.227. The standard InChI is InChI=1S/C22H24N2O5/c1-14(2)29-18-11-7-8-16(12-18)13-19(21(26)23-15(3)22(27)28)24-20(25)17-9-5-4-6-10-17/h4-15H,1-3H3,(H,23,26)(H,24,25)(H,27,28)/b19-13-/t15-/m0/s1. The topological polar surface area (TPSA) is 105 Å². The number of carbonyl (C=O) groups excluding carboxylic acids is 2. The van der Waals surface area contributed by atoms with Gasteiger partial charge in [-0.15, -0.1) is 0 Å². The Morgan fingerprint density at radius 2 is 1.69 bits per heavy atom. The predicted octanol–water partition coefficient (Wildman–Crippen LogP) is 2.83. The maximum Gasteiger partial charge on any atom is 0.325 e. The minimum atomic E-state index is -1.18. The van der Waals surface area contributed by atoms with Crippen LogP contribution in [-0.4, -0.2) is 35.0 Å². The molecule has 0 saturated carbocycles. The number of amides is 2. The van der Waals surface area contributed by atoms with E-state index in [4.69, 9.17) is 9.84 Å². The molecule has 0 aliphatic rings. The smallest absolute Gasteiger partial charge is 0.325 e. The third kappa shape index (κ3) is 6.80. The van der Waals surface area contributed by atoms with Crippen molar-refractivity contribution < 1.29 is 24.2 Å². The molecule has 0 fully saturated rings. The second kappa shape index (κ2) is 10.1. The van der Waals surface area contributed by atoms with Gasteiger partial charge >= 0.3 is 5.97 Å². The lowest BCUT2D eigenvalue weighted by Crippen LogP contribution is -2.42. The number of hydrogen-bond donors (Lipinski definition) is 3. The zero-order chi connectivity index (χ0) is 21.4. The van der Waals surface area contributed by atoms with Crippen molar-refractivity contribution in [2.45, 2.75) is 32.9 Å². The van der Waals surface area contributed by atoms with E-state index in [1.807, 2.05) is 13.8 Å². The molecule has 0 saturated heterocycles. The van der Waals surface area contributed by atoms with Crippen LogP contribution >= 0.6 is 0 Å². The van der Waals surface area contributed by atoms with Gasteiger partial charge in [-0.25, -0.2) is 0 Å². The normalized spacial score (nSPS) is 12.2. The lowest BCUT2D eigenvalue weighted by atomic mass is 10.1. The van der Waals surface area contributed by atoms with Crippen molar-refractivity contribution in [2.75, 3.05) is 0 Å². The minimum absolute atomic E-state index is 0.0220. The molecule has 0 bridgehead atoms. The summed E-state index contributed by atoms with van der Waals surface area (Å²) < 4.78 is 5.65. The van der Waals surface area contributed by atoms with E-state index in [0.717, 1.165) is 0 Å². The molecular formula is C22H24N2O5. The third-order valence-corrected chi connectivity index (χ3v) is 3.79. The van der Waals surface area contributed by atoms with Crippen LogP contribution in [0.15, 0.2) is 60.3 Å². The number of ether oxygens (including phenoxy) is 1. The van der Waals surface area contributed by atoms with Crippen LogP contribution in [-0.2, 0) is 9.59 Å². The maximum atomic E-state index is 12.6. The van der Waals surface area contributed by atoms with Crippen molar-refractivity contribution in [3.63, 3.8) is 0 Å². The molecule has 3 N–H and O–H groups in total. The summed E-state index contributed by atoms with van der Waals surface area (Å²) in [6, 6.07) is 14.3. The Bertz CT molecular complexity index is 906.